The average molecular weight is 364 g/mol. The third kappa shape index (κ3) is 3.22. The maximum atomic E-state index is 12.7. The highest BCUT2D eigenvalue weighted by molar-refractivity contribution is 5.97. The van der Waals surface area contributed by atoms with Crippen molar-refractivity contribution in [1.29, 1.82) is 0 Å². The van der Waals surface area contributed by atoms with Crippen LogP contribution in [0.4, 0.5) is 0 Å². The van der Waals surface area contributed by atoms with E-state index >= 15 is 0 Å². The minimum absolute atomic E-state index is 0.0225. The van der Waals surface area contributed by atoms with E-state index in [1.165, 1.54) is 12.0 Å². The van der Waals surface area contributed by atoms with Gasteiger partial charge in [-0.05, 0) is 24.3 Å². The molecule has 0 saturated carbocycles. The number of amides is 2. The highest BCUT2D eigenvalue weighted by atomic mass is 16.5. The van der Waals surface area contributed by atoms with E-state index in [-0.39, 0.29) is 30.7 Å². The van der Waals surface area contributed by atoms with Gasteiger partial charge in [0.2, 0.25) is 11.8 Å². The maximum absolute atomic E-state index is 12.7. The molecule has 3 aromatic heterocycles. The van der Waals surface area contributed by atoms with Crippen LogP contribution in [0.5, 0.6) is 5.88 Å². The molecule has 3 aromatic rings. The monoisotopic (exact) mass is 364 g/mol. The van der Waals surface area contributed by atoms with Gasteiger partial charge in [-0.25, -0.2) is 9.67 Å². The molecule has 1 aliphatic rings. The zero-order valence-corrected chi connectivity index (χ0v) is 14.5. The lowest BCUT2D eigenvalue weighted by atomic mass is 10.2. The molecule has 27 heavy (non-hydrogen) atoms. The maximum Gasteiger partial charge on any atom is 0.276 e. The lowest BCUT2D eigenvalue weighted by Crippen LogP contribution is -2.30. The Morgan fingerprint density at radius 3 is 2.74 bits per heavy atom. The first kappa shape index (κ1) is 16.7. The van der Waals surface area contributed by atoms with Crippen molar-refractivity contribution < 1.29 is 14.3 Å². The summed E-state index contributed by atoms with van der Waals surface area (Å²) >= 11 is 0. The standard InChI is InChI=1S/C18H16N6O3/c1-27-17-6-5-12(9-20-17)24-15(13-4-2-3-7-19-13)8-14(22-24)18(26)23-10-16(25)21-11-23/h2-9H,10-11H2,1H3,(H,21,25). The van der Waals surface area contributed by atoms with E-state index in [0.717, 1.165) is 0 Å². The lowest BCUT2D eigenvalue weighted by Gasteiger charge is -2.10. The molecule has 4 rings (SSSR count). The largest absolute Gasteiger partial charge is 0.481 e. The van der Waals surface area contributed by atoms with E-state index in [4.69, 9.17) is 4.74 Å². The normalized spacial score (nSPS) is 13.5. The molecule has 1 fully saturated rings. The summed E-state index contributed by atoms with van der Waals surface area (Å²) in [5.41, 5.74) is 2.19. The Morgan fingerprint density at radius 1 is 1.22 bits per heavy atom. The SMILES string of the molecule is COc1ccc(-n2nc(C(=O)N3CNC(=O)C3)cc2-c2ccccn2)cn1. The molecule has 9 nitrogen and oxygen atoms in total. The Labute approximate surface area is 154 Å². The number of nitrogens with one attached hydrogen (secondary N) is 1. The fourth-order valence-electron chi connectivity index (χ4n) is 2.77. The predicted molar refractivity (Wildman–Crippen MR) is 95.2 cm³/mol. The van der Waals surface area contributed by atoms with E-state index < -0.39 is 0 Å². The van der Waals surface area contributed by atoms with Crippen LogP contribution in [0.25, 0.3) is 17.1 Å². The molecule has 9 heteroatoms. The molecule has 1 N–H and O–H groups in total. The number of pyridine rings is 2. The van der Waals surface area contributed by atoms with Crippen molar-refractivity contribution in [2.45, 2.75) is 0 Å². The Kier molecular flexibility index (Phi) is 4.25. The van der Waals surface area contributed by atoms with Crippen LogP contribution in [-0.2, 0) is 4.79 Å². The van der Waals surface area contributed by atoms with Gasteiger partial charge in [0.1, 0.15) is 6.54 Å². The van der Waals surface area contributed by atoms with E-state index in [2.05, 4.69) is 20.4 Å². The minimum Gasteiger partial charge on any atom is -0.481 e. The fourth-order valence-corrected chi connectivity index (χ4v) is 2.77. The number of nitrogens with zero attached hydrogens (tertiary/aromatic N) is 5. The molecule has 0 radical (unpaired) electrons. The molecule has 0 aliphatic carbocycles. The number of carbonyl (C=O) groups excluding carboxylic acids is 2. The van der Waals surface area contributed by atoms with E-state index in [1.54, 1.807) is 35.3 Å². The number of hydrogen-bond acceptors (Lipinski definition) is 6. The van der Waals surface area contributed by atoms with Crippen LogP contribution in [0.2, 0.25) is 0 Å². The number of ether oxygens (including phenoxy) is 1. The van der Waals surface area contributed by atoms with Crippen molar-refractivity contribution >= 4 is 11.8 Å². The summed E-state index contributed by atoms with van der Waals surface area (Å²) in [6.07, 6.45) is 3.27. The molecule has 0 atom stereocenters. The molecule has 0 unspecified atom stereocenters. The first-order valence-corrected chi connectivity index (χ1v) is 8.23. The van der Waals surface area contributed by atoms with Crippen LogP contribution in [0.3, 0.4) is 0 Å². The zero-order valence-electron chi connectivity index (χ0n) is 14.5. The van der Waals surface area contributed by atoms with Crippen LogP contribution in [0.1, 0.15) is 10.5 Å². The summed E-state index contributed by atoms with van der Waals surface area (Å²) < 4.78 is 6.69. The van der Waals surface area contributed by atoms with Gasteiger partial charge in [0.15, 0.2) is 5.69 Å². The average Bonchev–Trinajstić information content (AvgIpc) is 3.35. The summed E-state index contributed by atoms with van der Waals surface area (Å²) in [5.74, 6) is -0.0407. The second-order valence-corrected chi connectivity index (χ2v) is 5.86. The lowest BCUT2D eigenvalue weighted by molar-refractivity contribution is -0.118. The fraction of sp³-hybridized carbons (Fsp3) is 0.167. The first-order valence-electron chi connectivity index (χ1n) is 8.23. The summed E-state index contributed by atoms with van der Waals surface area (Å²) in [6.45, 7) is 0.197. The van der Waals surface area contributed by atoms with Gasteiger partial charge in [-0.2, -0.15) is 5.10 Å². The predicted octanol–water partition coefficient (Wildman–Crippen LogP) is 0.867. The van der Waals surface area contributed by atoms with E-state index in [0.29, 0.717) is 23.0 Å². The molecule has 0 spiro atoms. The second-order valence-electron chi connectivity index (χ2n) is 5.86. The van der Waals surface area contributed by atoms with Crippen molar-refractivity contribution in [2.75, 3.05) is 20.3 Å². The molecule has 0 bridgehead atoms. The molecule has 0 aromatic carbocycles. The molecule has 4 heterocycles. The van der Waals surface area contributed by atoms with Crippen LogP contribution in [0.15, 0.2) is 48.8 Å². The molecule has 1 aliphatic heterocycles. The number of aromatic nitrogens is 4. The molecule has 136 valence electrons. The quantitative estimate of drug-likeness (QED) is 0.737. The van der Waals surface area contributed by atoms with Crippen LogP contribution in [-0.4, -0.2) is 56.8 Å². The van der Waals surface area contributed by atoms with Crippen LogP contribution < -0.4 is 10.1 Å². The van der Waals surface area contributed by atoms with Gasteiger partial charge in [0.25, 0.3) is 5.91 Å². The molecular weight excluding hydrogens is 348 g/mol. The van der Waals surface area contributed by atoms with Crippen molar-refractivity contribution in [3.8, 4) is 23.0 Å². The van der Waals surface area contributed by atoms with E-state index in [1.807, 2.05) is 18.2 Å². The number of carbonyl (C=O) groups is 2. The van der Waals surface area contributed by atoms with Crippen molar-refractivity contribution in [3.63, 3.8) is 0 Å². The highest BCUT2D eigenvalue weighted by Crippen LogP contribution is 2.23. The summed E-state index contributed by atoms with van der Waals surface area (Å²) in [4.78, 5) is 34.1. The molecule has 2 amide bonds. The van der Waals surface area contributed by atoms with Crippen molar-refractivity contribution in [2.24, 2.45) is 0 Å². The minimum atomic E-state index is -0.328. The van der Waals surface area contributed by atoms with E-state index in [9.17, 15) is 9.59 Å². The Morgan fingerprint density at radius 2 is 2.11 bits per heavy atom. The van der Waals surface area contributed by atoms with Gasteiger partial charge < -0.3 is 15.0 Å². The van der Waals surface area contributed by atoms with Crippen molar-refractivity contribution in [1.82, 2.24) is 30.0 Å². The van der Waals surface area contributed by atoms with Crippen molar-refractivity contribution in [3.05, 3.63) is 54.5 Å². The topological polar surface area (TPSA) is 102 Å². The number of methoxy groups -OCH3 is 1. The van der Waals surface area contributed by atoms with Gasteiger partial charge in [-0.1, -0.05) is 6.07 Å². The zero-order chi connectivity index (χ0) is 18.8. The smallest absolute Gasteiger partial charge is 0.276 e. The van der Waals surface area contributed by atoms with Gasteiger partial charge in [0.05, 0.1) is 37.1 Å². The number of rotatable bonds is 4. The summed E-state index contributed by atoms with van der Waals surface area (Å²) in [5, 5.41) is 7.06. The Bertz CT molecular complexity index is 984. The van der Waals surface area contributed by atoms with Gasteiger partial charge in [-0.15, -0.1) is 0 Å². The van der Waals surface area contributed by atoms with Gasteiger partial charge in [-0.3, -0.25) is 14.6 Å². The first-order chi connectivity index (χ1) is 13.2. The summed E-state index contributed by atoms with van der Waals surface area (Å²) in [6, 6.07) is 10.7. The third-order valence-corrected chi connectivity index (χ3v) is 4.12. The Hall–Kier alpha value is -3.75. The van der Waals surface area contributed by atoms with Gasteiger partial charge >= 0.3 is 0 Å². The summed E-state index contributed by atoms with van der Waals surface area (Å²) in [7, 11) is 1.54. The van der Waals surface area contributed by atoms with Crippen LogP contribution in [0, 0.1) is 0 Å². The molecule has 1 saturated heterocycles. The number of hydrogen-bond donors (Lipinski definition) is 1. The Balaban J connectivity index is 1.77. The third-order valence-electron chi connectivity index (χ3n) is 4.12. The highest BCUT2D eigenvalue weighted by Gasteiger charge is 2.27. The van der Waals surface area contributed by atoms with Crippen LogP contribution >= 0.6 is 0 Å². The van der Waals surface area contributed by atoms with Gasteiger partial charge in [0, 0.05) is 12.3 Å². The molecular formula is C18H16N6O3. The second kappa shape index (κ2) is 6.87.